The van der Waals surface area contributed by atoms with Crippen LogP contribution in [-0.4, -0.2) is 50.9 Å². The molecule has 0 bridgehead atoms. The molecule has 3 rings (SSSR count). The van der Waals surface area contributed by atoms with Gasteiger partial charge in [-0.05, 0) is 74.9 Å². The van der Waals surface area contributed by atoms with E-state index in [0.29, 0.717) is 11.4 Å². The first-order valence-electron chi connectivity index (χ1n) is 12.1. The van der Waals surface area contributed by atoms with Crippen molar-refractivity contribution < 1.29 is 22.7 Å². The topological polar surface area (TPSA) is 96.0 Å². The average molecular weight is 603 g/mol. The predicted octanol–water partition coefficient (Wildman–Crippen LogP) is 4.59. The van der Waals surface area contributed by atoms with Crippen LogP contribution in [0.4, 0.5) is 5.69 Å². The Balaban J connectivity index is 2.01. The minimum atomic E-state index is -4.11. The van der Waals surface area contributed by atoms with Crippen molar-refractivity contribution in [2.75, 3.05) is 18.0 Å². The van der Waals surface area contributed by atoms with Gasteiger partial charge in [-0.2, -0.15) is 0 Å². The van der Waals surface area contributed by atoms with Gasteiger partial charge in [0.25, 0.3) is 10.0 Å². The number of benzene rings is 3. The number of methoxy groups -OCH3 is 1. The summed E-state index contributed by atoms with van der Waals surface area (Å²) in [7, 11) is -2.59. The van der Waals surface area contributed by atoms with Crippen molar-refractivity contribution in [1.29, 1.82) is 0 Å². The average Bonchev–Trinajstić information content (AvgIpc) is 2.91. The fourth-order valence-corrected chi connectivity index (χ4v) is 5.47. The van der Waals surface area contributed by atoms with Gasteiger partial charge < -0.3 is 15.0 Å². The van der Waals surface area contributed by atoms with E-state index in [2.05, 4.69) is 21.2 Å². The van der Waals surface area contributed by atoms with Gasteiger partial charge in [0.05, 0.1) is 17.7 Å². The first-order chi connectivity index (χ1) is 18.0. The largest absolute Gasteiger partial charge is 0.497 e. The van der Waals surface area contributed by atoms with Crippen molar-refractivity contribution in [3.8, 4) is 5.75 Å². The number of carbonyl (C=O) groups excluding carboxylic acids is 2. The van der Waals surface area contributed by atoms with Gasteiger partial charge in [0.2, 0.25) is 11.8 Å². The first kappa shape index (κ1) is 29.2. The molecule has 0 aliphatic rings. The Bertz CT molecular complexity index is 1330. The van der Waals surface area contributed by atoms with Crippen molar-refractivity contribution in [3.63, 3.8) is 0 Å². The van der Waals surface area contributed by atoms with Crippen LogP contribution in [0.1, 0.15) is 26.3 Å². The summed E-state index contributed by atoms with van der Waals surface area (Å²) in [5, 5.41) is 2.84. The summed E-state index contributed by atoms with van der Waals surface area (Å²) >= 11 is 3.41. The number of nitrogens with zero attached hydrogens (tertiary/aromatic N) is 2. The third-order valence-corrected chi connectivity index (χ3v) is 8.15. The van der Waals surface area contributed by atoms with Crippen LogP contribution in [0.15, 0.2) is 88.2 Å². The van der Waals surface area contributed by atoms with Gasteiger partial charge in [-0.1, -0.05) is 46.3 Å². The van der Waals surface area contributed by atoms with Crippen LogP contribution in [-0.2, 0) is 26.2 Å². The number of halogens is 1. The van der Waals surface area contributed by atoms with E-state index >= 15 is 0 Å². The predicted molar refractivity (Wildman–Crippen MR) is 151 cm³/mol. The van der Waals surface area contributed by atoms with Gasteiger partial charge in [0.1, 0.15) is 18.3 Å². The number of hydrogen-bond donors (Lipinski definition) is 1. The summed E-state index contributed by atoms with van der Waals surface area (Å²) in [5.41, 5.74) is 1.10. The maximum Gasteiger partial charge on any atom is 0.264 e. The smallest absolute Gasteiger partial charge is 0.264 e. The molecule has 0 fully saturated rings. The van der Waals surface area contributed by atoms with E-state index in [1.165, 1.54) is 24.1 Å². The highest BCUT2D eigenvalue weighted by molar-refractivity contribution is 9.10. The monoisotopic (exact) mass is 601 g/mol. The summed E-state index contributed by atoms with van der Waals surface area (Å²) in [6.45, 7) is 4.94. The molecule has 1 unspecified atom stereocenters. The van der Waals surface area contributed by atoms with Crippen LogP contribution in [0.25, 0.3) is 0 Å². The van der Waals surface area contributed by atoms with Crippen LogP contribution >= 0.6 is 15.9 Å². The molecule has 0 aromatic heterocycles. The van der Waals surface area contributed by atoms with Gasteiger partial charge in [-0.15, -0.1) is 0 Å². The van der Waals surface area contributed by atoms with Gasteiger partial charge in [-0.25, -0.2) is 8.42 Å². The standard InChI is InChI=1S/C28H32BrN3O5S/c1-20(2)30-28(34)21(3)31(18-22-10-12-23(29)13-11-22)27(33)19-32(24-14-16-25(37-4)17-15-24)38(35,36)26-8-6-5-7-9-26/h5-17,20-21H,18-19H2,1-4H3,(H,30,34). The first-order valence-corrected chi connectivity index (χ1v) is 14.3. The molecule has 202 valence electrons. The Morgan fingerprint density at radius 2 is 1.53 bits per heavy atom. The molecular formula is C28H32BrN3O5S. The van der Waals surface area contributed by atoms with Gasteiger partial charge in [0.15, 0.2) is 0 Å². The second-order valence-corrected chi connectivity index (χ2v) is 11.8. The molecule has 38 heavy (non-hydrogen) atoms. The highest BCUT2D eigenvalue weighted by Gasteiger charge is 2.32. The molecule has 0 radical (unpaired) electrons. The molecule has 8 nitrogen and oxygen atoms in total. The maximum atomic E-state index is 13.8. The summed E-state index contributed by atoms with van der Waals surface area (Å²) < 4.78 is 34.6. The van der Waals surface area contributed by atoms with E-state index in [-0.39, 0.29) is 23.4 Å². The number of anilines is 1. The molecule has 3 aromatic carbocycles. The third-order valence-electron chi connectivity index (χ3n) is 5.83. The molecule has 0 heterocycles. The number of ether oxygens (including phenoxy) is 1. The zero-order valence-electron chi connectivity index (χ0n) is 21.8. The summed E-state index contributed by atoms with van der Waals surface area (Å²) in [6.07, 6.45) is 0. The Morgan fingerprint density at radius 1 is 0.921 bits per heavy atom. The normalized spacial score (nSPS) is 12.1. The van der Waals surface area contributed by atoms with E-state index in [1.807, 2.05) is 38.1 Å². The second kappa shape index (κ2) is 12.9. The zero-order valence-corrected chi connectivity index (χ0v) is 24.2. The van der Waals surface area contributed by atoms with Crippen molar-refractivity contribution >= 4 is 43.5 Å². The summed E-state index contributed by atoms with van der Waals surface area (Å²) in [6, 6.07) is 20.8. The van der Waals surface area contributed by atoms with Crippen molar-refractivity contribution in [2.45, 2.75) is 44.3 Å². The molecule has 0 saturated carbocycles. The summed E-state index contributed by atoms with van der Waals surface area (Å²) in [5.74, 6) is -0.296. The molecule has 1 atom stereocenters. The molecule has 2 amide bonds. The third kappa shape index (κ3) is 7.35. The van der Waals surface area contributed by atoms with Crippen LogP contribution in [0.3, 0.4) is 0 Å². The number of carbonyl (C=O) groups is 2. The number of amides is 2. The van der Waals surface area contributed by atoms with Gasteiger partial charge in [0, 0.05) is 17.1 Å². The number of nitrogens with one attached hydrogen (secondary N) is 1. The van der Waals surface area contributed by atoms with E-state index in [4.69, 9.17) is 4.74 Å². The highest BCUT2D eigenvalue weighted by Crippen LogP contribution is 2.26. The van der Waals surface area contributed by atoms with Crippen molar-refractivity contribution in [3.05, 3.63) is 88.9 Å². The minimum Gasteiger partial charge on any atom is -0.497 e. The van der Waals surface area contributed by atoms with Crippen LogP contribution in [0.2, 0.25) is 0 Å². The summed E-state index contributed by atoms with van der Waals surface area (Å²) in [4.78, 5) is 28.2. The Kier molecular flexibility index (Phi) is 9.93. The fourth-order valence-electron chi connectivity index (χ4n) is 3.77. The van der Waals surface area contributed by atoms with E-state index in [9.17, 15) is 18.0 Å². The van der Waals surface area contributed by atoms with E-state index < -0.39 is 28.5 Å². The lowest BCUT2D eigenvalue weighted by atomic mass is 10.1. The van der Waals surface area contributed by atoms with E-state index in [0.717, 1.165) is 14.3 Å². The molecule has 3 aromatic rings. The second-order valence-electron chi connectivity index (χ2n) is 9.01. The lowest BCUT2D eigenvalue weighted by Crippen LogP contribution is -2.52. The van der Waals surface area contributed by atoms with Crippen LogP contribution < -0.4 is 14.4 Å². The molecule has 0 aliphatic heterocycles. The quantitative estimate of drug-likeness (QED) is 0.347. The van der Waals surface area contributed by atoms with Crippen LogP contribution in [0, 0.1) is 0 Å². The van der Waals surface area contributed by atoms with Crippen LogP contribution in [0.5, 0.6) is 5.75 Å². The highest BCUT2D eigenvalue weighted by atomic mass is 79.9. The molecule has 0 aliphatic carbocycles. The Labute approximate surface area is 232 Å². The van der Waals surface area contributed by atoms with E-state index in [1.54, 1.807) is 49.4 Å². The lowest BCUT2D eigenvalue weighted by molar-refractivity contribution is -0.139. The molecule has 10 heteroatoms. The number of sulfonamides is 1. The van der Waals surface area contributed by atoms with Gasteiger partial charge in [-0.3, -0.25) is 13.9 Å². The number of rotatable bonds is 11. The zero-order chi connectivity index (χ0) is 27.9. The van der Waals surface area contributed by atoms with Crippen molar-refractivity contribution in [1.82, 2.24) is 10.2 Å². The Morgan fingerprint density at radius 3 is 2.08 bits per heavy atom. The molecular weight excluding hydrogens is 570 g/mol. The lowest BCUT2D eigenvalue weighted by Gasteiger charge is -2.32. The van der Waals surface area contributed by atoms with Crippen molar-refractivity contribution in [2.24, 2.45) is 0 Å². The SMILES string of the molecule is COc1ccc(N(CC(=O)N(Cc2ccc(Br)cc2)C(C)C(=O)NC(C)C)S(=O)(=O)c2ccccc2)cc1. The molecule has 0 saturated heterocycles. The molecule has 0 spiro atoms. The Hall–Kier alpha value is -3.37. The number of hydrogen-bond acceptors (Lipinski definition) is 5. The fraction of sp³-hybridized carbons (Fsp3) is 0.286. The van der Waals surface area contributed by atoms with Gasteiger partial charge >= 0.3 is 0 Å². The maximum absolute atomic E-state index is 13.8. The minimum absolute atomic E-state index is 0.0497. The molecule has 1 N–H and O–H groups in total.